The summed E-state index contributed by atoms with van der Waals surface area (Å²) in [7, 11) is 0. The fraction of sp³-hybridized carbons (Fsp3) is 0.250. The van der Waals surface area contributed by atoms with Crippen LogP contribution in [-0.2, 0) is 0 Å². The Kier molecular flexibility index (Phi) is 4.35. The average molecular weight is 269 g/mol. The molecule has 0 radical (unpaired) electrons. The molecule has 0 saturated carbocycles. The lowest BCUT2D eigenvalue weighted by Crippen LogP contribution is -2.31. The molecule has 1 atom stereocenters. The highest BCUT2D eigenvalue weighted by atomic mass is 16.2. The quantitative estimate of drug-likeness (QED) is 0.894. The van der Waals surface area contributed by atoms with Crippen molar-refractivity contribution in [3.05, 3.63) is 59.4 Å². The molecular weight excluding hydrogens is 250 g/mol. The minimum atomic E-state index is -0.207. The van der Waals surface area contributed by atoms with Gasteiger partial charge in [-0.3, -0.25) is 4.98 Å². The van der Waals surface area contributed by atoms with Gasteiger partial charge >= 0.3 is 6.03 Å². The van der Waals surface area contributed by atoms with Crippen LogP contribution >= 0.6 is 0 Å². The lowest BCUT2D eigenvalue weighted by atomic mass is 10.1. The first-order valence-electron chi connectivity index (χ1n) is 6.61. The lowest BCUT2D eigenvalue weighted by molar-refractivity contribution is 0.249. The van der Waals surface area contributed by atoms with E-state index in [2.05, 4.69) is 15.6 Å². The Morgan fingerprint density at radius 1 is 1.15 bits per heavy atom. The smallest absolute Gasteiger partial charge is 0.319 e. The summed E-state index contributed by atoms with van der Waals surface area (Å²) < 4.78 is 0. The summed E-state index contributed by atoms with van der Waals surface area (Å²) in [6, 6.07) is 9.45. The summed E-state index contributed by atoms with van der Waals surface area (Å²) in [4.78, 5) is 16.0. The van der Waals surface area contributed by atoms with Gasteiger partial charge in [-0.2, -0.15) is 0 Å². The highest BCUT2D eigenvalue weighted by molar-refractivity contribution is 5.90. The maximum atomic E-state index is 12.0. The predicted molar refractivity (Wildman–Crippen MR) is 80.7 cm³/mol. The predicted octanol–water partition coefficient (Wildman–Crippen LogP) is 3.58. The lowest BCUT2D eigenvalue weighted by Gasteiger charge is -2.16. The number of nitrogens with one attached hydrogen (secondary N) is 2. The molecule has 2 amide bonds. The molecule has 1 heterocycles. The van der Waals surface area contributed by atoms with E-state index < -0.39 is 0 Å². The summed E-state index contributed by atoms with van der Waals surface area (Å²) in [6.45, 7) is 5.95. The minimum absolute atomic E-state index is 0.0660. The van der Waals surface area contributed by atoms with Gasteiger partial charge < -0.3 is 10.6 Å². The third-order valence-corrected chi connectivity index (χ3v) is 3.18. The SMILES string of the molecule is Cc1ccc(NC(=O)N[C@H](C)c2ccncc2)c(C)c1. The van der Waals surface area contributed by atoms with Crippen LogP contribution in [-0.4, -0.2) is 11.0 Å². The molecule has 1 aromatic carbocycles. The third-order valence-electron chi connectivity index (χ3n) is 3.18. The topological polar surface area (TPSA) is 54.0 Å². The zero-order valence-corrected chi connectivity index (χ0v) is 12.0. The number of rotatable bonds is 3. The van der Waals surface area contributed by atoms with Crippen LogP contribution in [0.3, 0.4) is 0 Å². The number of hydrogen-bond acceptors (Lipinski definition) is 2. The van der Waals surface area contributed by atoms with Crippen molar-refractivity contribution in [1.29, 1.82) is 0 Å². The van der Waals surface area contributed by atoms with E-state index >= 15 is 0 Å². The van der Waals surface area contributed by atoms with Crippen LogP contribution in [0.1, 0.15) is 29.7 Å². The van der Waals surface area contributed by atoms with Gasteiger partial charge in [-0.05, 0) is 50.1 Å². The van der Waals surface area contributed by atoms with E-state index in [0.29, 0.717) is 0 Å². The zero-order chi connectivity index (χ0) is 14.5. The molecule has 0 fully saturated rings. The van der Waals surface area contributed by atoms with Crippen LogP contribution in [0.5, 0.6) is 0 Å². The number of carbonyl (C=O) groups is 1. The first-order chi connectivity index (χ1) is 9.56. The Balaban J connectivity index is 1.99. The van der Waals surface area contributed by atoms with Gasteiger partial charge in [-0.25, -0.2) is 4.79 Å². The number of benzene rings is 1. The highest BCUT2D eigenvalue weighted by Gasteiger charge is 2.10. The van der Waals surface area contributed by atoms with E-state index in [9.17, 15) is 4.79 Å². The van der Waals surface area contributed by atoms with Crippen molar-refractivity contribution in [3.63, 3.8) is 0 Å². The molecule has 0 aliphatic rings. The Morgan fingerprint density at radius 2 is 1.85 bits per heavy atom. The summed E-state index contributed by atoms with van der Waals surface area (Å²) in [5.41, 5.74) is 4.08. The van der Waals surface area contributed by atoms with E-state index in [1.165, 1.54) is 5.56 Å². The Hall–Kier alpha value is -2.36. The van der Waals surface area contributed by atoms with Crippen LogP contribution in [0.15, 0.2) is 42.7 Å². The minimum Gasteiger partial charge on any atom is -0.331 e. The van der Waals surface area contributed by atoms with E-state index in [-0.39, 0.29) is 12.1 Å². The van der Waals surface area contributed by atoms with Crippen molar-refractivity contribution < 1.29 is 4.79 Å². The molecule has 2 aromatic rings. The van der Waals surface area contributed by atoms with Crippen LogP contribution < -0.4 is 10.6 Å². The fourth-order valence-electron chi connectivity index (χ4n) is 2.04. The van der Waals surface area contributed by atoms with Gasteiger partial charge in [-0.15, -0.1) is 0 Å². The van der Waals surface area contributed by atoms with Gasteiger partial charge in [0.1, 0.15) is 0 Å². The molecule has 104 valence electrons. The number of hydrogen-bond donors (Lipinski definition) is 2. The van der Waals surface area contributed by atoms with E-state index in [4.69, 9.17) is 0 Å². The van der Waals surface area contributed by atoms with Crippen molar-refractivity contribution in [2.24, 2.45) is 0 Å². The van der Waals surface area contributed by atoms with Gasteiger partial charge in [0.2, 0.25) is 0 Å². The number of amides is 2. The average Bonchev–Trinajstić information content (AvgIpc) is 2.43. The number of urea groups is 1. The van der Waals surface area contributed by atoms with Gasteiger partial charge in [0.25, 0.3) is 0 Å². The van der Waals surface area contributed by atoms with Gasteiger partial charge in [-0.1, -0.05) is 17.7 Å². The number of carbonyl (C=O) groups excluding carboxylic acids is 1. The molecule has 20 heavy (non-hydrogen) atoms. The van der Waals surface area contributed by atoms with E-state index in [1.54, 1.807) is 12.4 Å². The van der Waals surface area contributed by atoms with Crippen molar-refractivity contribution in [2.75, 3.05) is 5.32 Å². The van der Waals surface area contributed by atoms with Gasteiger partial charge in [0.05, 0.1) is 6.04 Å². The first kappa shape index (κ1) is 14.1. The molecule has 2 rings (SSSR count). The maximum absolute atomic E-state index is 12.0. The Labute approximate surface area is 119 Å². The molecule has 1 aromatic heterocycles. The number of nitrogens with zero attached hydrogens (tertiary/aromatic N) is 1. The second-order valence-electron chi connectivity index (χ2n) is 4.92. The summed E-state index contributed by atoms with van der Waals surface area (Å²) in [5.74, 6) is 0. The van der Waals surface area contributed by atoms with Gasteiger partial charge in [0.15, 0.2) is 0 Å². The Morgan fingerprint density at radius 3 is 2.50 bits per heavy atom. The zero-order valence-electron chi connectivity index (χ0n) is 12.0. The van der Waals surface area contributed by atoms with E-state index in [0.717, 1.165) is 16.8 Å². The highest BCUT2D eigenvalue weighted by Crippen LogP contribution is 2.16. The number of anilines is 1. The summed E-state index contributed by atoms with van der Waals surface area (Å²) in [5, 5.41) is 5.78. The fourth-order valence-corrected chi connectivity index (χ4v) is 2.04. The molecular formula is C16H19N3O. The number of pyridine rings is 1. The standard InChI is InChI=1S/C16H19N3O/c1-11-4-5-15(12(2)10-11)19-16(20)18-13(3)14-6-8-17-9-7-14/h4-10,13H,1-3H3,(H2,18,19,20)/t13-/m1/s1. The molecule has 4 heteroatoms. The first-order valence-corrected chi connectivity index (χ1v) is 6.61. The second-order valence-corrected chi connectivity index (χ2v) is 4.92. The van der Waals surface area contributed by atoms with Gasteiger partial charge in [0, 0.05) is 18.1 Å². The molecule has 0 bridgehead atoms. The maximum Gasteiger partial charge on any atom is 0.319 e. The van der Waals surface area contributed by atoms with Crippen molar-refractivity contribution in [1.82, 2.24) is 10.3 Å². The molecule has 0 saturated heterocycles. The van der Waals surface area contributed by atoms with Crippen LogP contribution in [0.2, 0.25) is 0 Å². The van der Waals surface area contributed by atoms with Crippen molar-refractivity contribution >= 4 is 11.7 Å². The molecule has 0 unspecified atom stereocenters. The monoisotopic (exact) mass is 269 g/mol. The van der Waals surface area contributed by atoms with Crippen molar-refractivity contribution in [2.45, 2.75) is 26.8 Å². The normalized spacial score (nSPS) is 11.8. The summed E-state index contributed by atoms with van der Waals surface area (Å²) in [6.07, 6.45) is 3.44. The molecule has 2 N–H and O–H groups in total. The third kappa shape index (κ3) is 3.57. The van der Waals surface area contributed by atoms with Crippen molar-refractivity contribution in [3.8, 4) is 0 Å². The molecule has 0 aliphatic carbocycles. The van der Waals surface area contributed by atoms with Crippen LogP contribution in [0, 0.1) is 13.8 Å². The molecule has 4 nitrogen and oxygen atoms in total. The number of aromatic nitrogens is 1. The van der Waals surface area contributed by atoms with E-state index in [1.807, 2.05) is 51.1 Å². The van der Waals surface area contributed by atoms with Crippen LogP contribution in [0.25, 0.3) is 0 Å². The largest absolute Gasteiger partial charge is 0.331 e. The second kappa shape index (κ2) is 6.19. The number of aryl methyl sites for hydroxylation is 2. The summed E-state index contributed by atoms with van der Waals surface area (Å²) >= 11 is 0. The Bertz CT molecular complexity index is 596. The molecule has 0 aliphatic heterocycles. The molecule has 0 spiro atoms. The van der Waals surface area contributed by atoms with Crippen LogP contribution in [0.4, 0.5) is 10.5 Å².